The summed E-state index contributed by atoms with van der Waals surface area (Å²) in [6.45, 7) is 0.0230. The molecule has 0 atom stereocenters. The fourth-order valence-corrected chi connectivity index (χ4v) is 4.67. The monoisotopic (exact) mass is 426 g/mol. The molecule has 10 heteroatoms. The van der Waals surface area contributed by atoms with Gasteiger partial charge in [0.1, 0.15) is 11.6 Å². The molecule has 2 aromatic carbocycles. The minimum atomic E-state index is -4.35. The molecule has 0 bridgehead atoms. The van der Waals surface area contributed by atoms with Crippen LogP contribution in [0.5, 0.6) is 11.5 Å². The molecule has 0 aromatic heterocycles. The Kier molecular flexibility index (Phi) is 6.04. The minimum absolute atomic E-state index is 0.0743. The molecular weight excluding hydrogens is 406 g/mol. The molecule has 0 radical (unpaired) electrons. The van der Waals surface area contributed by atoms with Gasteiger partial charge in [0, 0.05) is 31.7 Å². The normalized spacial score (nSPS) is 15.2. The van der Waals surface area contributed by atoms with E-state index in [4.69, 9.17) is 9.47 Å². The van der Waals surface area contributed by atoms with Crippen LogP contribution in [0.2, 0.25) is 0 Å². The summed E-state index contributed by atoms with van der Waals surface area (Å²) < 4.78 is 64.5. The van der Waals surface area contributed by atoms with Gasteiger partial charge in [-0.3, -0.25) is 4.79 Å². The number of carbonyl (C=O) groups is 1. The van der Waals surface area contributed by atoms with Crippen LogP contribution in [0.3, 0.4) is 0 Å². The van der Waals surface area contributed by atoms with Crippen LogP contribution in [0, 0.1) is 11.6 Å². The quantitative estimate of drug-likeness (QED) is 0.732. The lowest BCUT2D eigenvalue weighted by atomic mass is 10.1. The zero-order chi connectivity index (χ0) is 21.2. The second-order valence-electron chi connectivity index (χ2n) is 6.32. The maximum atomic E-state index is 13.9. The Bertz CT molecular complexity index is 1000. The number of nitrogens with zero attached hydrogens (tertiary/aromatic N) is 2. The molecule has 2 aromatic rings. The summed E-state index contributed by atoms with van der Waals surface area (Å²) in [7, 11) is -1.41. The van der Waals surface area contributed by atoms with Crippen molar-refractivity contribution in [3.05, 3.63) is 53.6 Å². The molecule has 1 aliphatic rings. The van der Waals surface area contributed by atoms with Gasteiger partial charge in [-0.1, -0.05) is 6.07 Å². The van der Waals surface area contributed by atoms with Crippen LogP contribution in [0.15, 0.2) is 41.3 Å². The SMILES string of the molecule is COc1ccc(C(=O)N2CCN(S(=O)(=O)c3c(F)cccc3F)CC2)cc1OC. The number of carbonyl (C=O) groups excluding carboxylic acids is 1. The van der Waals surface area contributed by atoms with Gasteiger partial charge in [-0.15, -0.1) is 0 Å². The van der Waals surface area contributed by atoms with Gasteiger partial charge < -0.3 is 14.4 Å². The number of ether oxygens (including phenoxy) is 2. The van der Waals surface area contributed by atoms with Crippen molar-refractivity contribution in [1.82, 2.24) is 9.21 Å². The van der Waals surface area contributed by atoms with Gasteiger partial charge in [0.2, 0.25) is 10.0 Å². The molecule has 29 heavy (non-hydrogen) atoms. The number of sulfonamides is 1. The third-order valence-corrected chi connectivity index (χ3v) is 6.62. The molecule has 1 heterocycles. The number of rotatable bonds is 5. The van der Waals surface area contributed by atoms with Crippen molar-refractivity contribution in [2.24, 2.45) is 0 Å². The van der Waals surface area contributed by atoms with Crippen molar-refractivity contribution in [2.45, 2.75) is 4.90 Å². The highest BCUT2D eigenvalue weighted by molar-refractivity contribution is 7.89. The number of hydrogen-bond donors (Lipinski definition) is 0. The van der Waals surface area contributed by atoms with Crippen molar-refractivity contribution in [1.29, 1.82) is 0 Å². The highest BCUT2D eigenvalue weighted by Gasteiger charge is 2.34. The molecule has 1 saturated heterocycles. The Morgan fingerprint density at radius 3 is 2.07 bits per heavy atom. The van der Waals surface area contributed by atoms with E-state index in [1.54, 1.807) is 18.2 Å². The standard InChI is InChI=1S/C19H20F2N2O5S/c1-27-16-7-6-13(12-17(16)28-2)19(24)22-8-10-23(11-9-22)29(25,26)18-14(20)4-3-5-15(18)21/h3-7,12H,8-11H2,1-2H3. The zero-order valence-electron chi connectivity index (χ0n) is 15.9. The molecule has 1 fully saturated rings. The average molecular weight is 426 g/mol. The number of methoxy groups -OCH3 is 2. The lowest BCUT2D eigenvalue weighted by Gasteiger charge is -2.34. The molecule has 0 spiro atoms. The van der Waals surface area contributed by atoms with Crippen LogP contribution in [0.1, 0.15) is 10.4 Å². The third-order valence-electron chi connectivity index (χ3n) is 4.67. The molecule has 0 N–H and O–H groups in total. The number of benzene rings is 2. The number of piperazine rings is 1. The molecule has 1 aliphatic heterocycles. The molecule has 3 rings (SSSR count). The van der Waals surface area contributed by atoms with Crippen molar-refractivity contribution in [2.75, 3.05) is 40.4 Å². The summed E-state index contributed by atoms with van der Waals surface area (Å²) in [6, 6.07) is 7.62. The van der Waals surface area contributed by atoms with E-state index >= 15 is 0 Å². The van der Waals surface area contributed by atoms with Crippen LogP contribution in [0.4, 0.5) is 8.78 Å². The van der Waals surface area contributed by atoms with E-state index in [1.165, 1.54) is 19.1 Å². The summed E-state index contributed by atoms with van der Waals surface area (Å²) in [6.07, 6.45) is 0. The van der Waals surface area contributed by atoms with Gasteiger partial charge in [0.05, 0.1) is 14.2 Å². The fourth-order valence-electron chi connectivity index (χ4n) is 3.14. The van der Waals surface area contributed by atoms with E-state index in [0.29, 0.717) is 17.1 Å². The van der Waals surface area contributed by atoms with Crippen LogP contribution in [-0.4, -0.2) is 63.9 Å². The number of amides is 1. The first kappa shape index (κ1) is 21.0. The van der Waals surface area contributed by atoms with Crippen LogP contribution >= 0.6 is 0 Å². The Hall–Kier alpha value is -2.72. The minimum Gasteiger partial charge on any atom is -0.493 e. The summed E-state index contributed by atoms with van der Waals surface area (Å²) in [5.74, 6) is -1.72. The summed E-state index contributed by atoms with van der Waals surface area (Å²) in [5, 5.41) is 0. The lowest BCUT2D eigenvalue weighted by Crippen LogP contribution is -2.50. The van der Waals surface area contributed by atoms with Crippen molar-refractivity contribution >= 4 is 15.9 Å². The van der Waals surface area contributed by atoms with Gasteiger partial charge >= 0.3 is 0 Å². The Balaban J connectivity index is 1.74. The molecule has 0 aliphatic carbocycles. The predicted octanol–water partition coefficient (Wildman–Crippen LogP) is 2.13. The number of hydrogen-bond acceptors (Lipinski definition) is 5. The van der Waals surface area contributed by atoms with Crippen LogP contribution < -0.4 is 9.47 Å². The average Bonchev–Trinajstić information content (AvgIpc) is 2.72. The summed E-state index contributed by atoms with van der Waals surface area (Å²) >= 11 is 0. The molecular formula is C19H20F2N2O5S. The van der Waals surface area contributed by atoms with E-state index in [9.17, 15) is 22.0 Å². The predicted molar refractivity (Wildman–Crippen MR) is 101 cm³/mol. The highest BCUT2D eigenvalue weighted by atomic mass is 32.2. The van der Waals surface area contributed by atoms with E-state index in [2.05, 4.69) is 0 Å². The topological polar surface area (TPSA) is 76.2 Å². The molecule has 0 saturated carbocycles. The maximum Gasteiger partial charge on any atom is 0.254 e. The van der Waals surface area contributed by atoms with Crippen LogP contribution in [0.25, 0.3) is 0 Å². The van der Waals surface area contributed by atoms with Crippen LogP contribution in [-0.2, 0) is 10.0 Å². The van der Waals surface area contributed by atoms with Crippen molar-refractivity contribution in [3.63, 3.8) is 0 Å². The van der Waals surface area contributed by atoms with E-state index in [0.717, 1.165) is 22.5 Å². The molecule has 7 nitrogen and oxygen atoms in total. The summed E-state index contributed by atoms with van der Waals surface area (Å²) in [5.41, 5.74) is 0.360. The zero-order valence-corrected chi connectivity index (χ0v) is 16.7. The maximum absolute atomic E-state index is 13.9. The second kappa shape index (κ2) is 8.34. The Morgan fingerprint density at radius 1 is 0.931 bits per heavy atom. The van der Waals surface area contributed by atoms with Crippen molar-refractivity contribution < 1.29 is 31.5 Å². The van der Waals surface area contributed by atoms with Gasteiger partial charge in [-0.2, -0.15) is 4.31 Å². The molecule has 0 unspecified atom stereocenters. The van der Waals surface area contributed by atoms with Crippen molar-refractivity contribution in [3.8, 4) is 11.5 Å². The van der Waals surface area contributed by atoms with E-state index in [-0.39, 0.29) is 32.1 Å². The van der Waals surface area contributed by atoms with Gasteiger partial charge in [-0.25, -0.2) is 17.2 Å². The number of halogens is 2. The lowest BCUT2D eigenvalue weighted by molar-refractivity contribution is 0.0697. The fraction of sp³-hybridized carbons (Fsp3) is 0.316. The smallest absolute Gasteiger partial charge is 0.254 e. The first-order valence-electron chi connectivity index (χ1n) is 8.75. The van der Waals surface area contributed by atoms with Gasteiger partial charge in [-0.05, 0) is 30.3 Å². The van der Waals surface area contributed by atoms with Gasteiger partial charge in [0.15, 0.2) is 16.4 Å². The van der Waals surface area contributed by atoms with E-state index < -0.39 is 26.6 Å². The molecule has 1 amide bonds. The van der Waals surface area contributed by atoms with Gasteiger partial charge in [0.25, 0.3) is 5.91 Å². The third kappa shape index (κ3) is 4.03. The Morgan fingerprint density at radius 2 is 1.52 bits per heavy atom. The first-order valence-corrected chi connectivity index (χ1v) is 10.2. The largest absolute Gasteiger partial charge is 0.493 e. The summed E-state index contributed by atoms with van der Waals surface area (Å²) in [4.78, 5) is 13.2. The Labute approximate surface area is 167 Å². The first-order chi connectivity index (χ1) is 13.8. The molecule has 156 valence electrons. The van der Waals surface area contributed by atoms with E-state index in [1.807, 2.05) is 0 Å². The second-order valence-corrected chi connectivity index (χ2v) is 8.19. The highest BCUT2D eigenvalue weighted by Crippen LogP contribution is 2.29.